The summed E-state index contributed by atoms with van der Waals surface area (Å²) in [5.74, 6) is 0.594. The lowest BCUT2D eigenvalue weighted by atomic mass is 10.4. The van der Waals surface area contributed by atoms with Crippen molar-refractivity contribution in [2.24, 2.45) is 11.5 Å². The van der Waals surface area contributed by atoms with Crippen LogP contribution in [0.4, 0.5) is 0 Å². The molecule has 0 unspecified atom stereocenters. The van der Waals surface area contributed by atoms with E-state index in [9.17, 15) is 4.79 Å². The lowest BCUT2D eigenvalue weighted by Crippen LogP contribution is -2.14. The first-order valence-corrected chi connectivity index (χ1v) is 5.70. The zero-order chi connectivity index (χ0) is 11.3. The molecule has 0 aliphatic heterocycles. The van der Waals surface area contributed by atoms with Crippen LogP contribution in [0.1, 0.15) is 19.2 Å². The van der Waals surface area contributed by atoms with Gasteiger partial charge in [-0.05, 0) is 6.42 Å². The van der Waals surface area contributed by atoms with Gasteiger partial charge in [-0.1, -0.05) is 18.7 Å². The molecule has 6 nitrogen and oxygen atoms in total. The van der Waals surface area contributed by atoms with E-state index in [2.05, 4.69) is 17.1 Å². The highest BCUT2D eigenvalue weighted by atomic mass is 32.2. The van der Waals surface area contributed by atoms with Crippen molar-refractivity contribution in [3.63, 3.8) is 0 Å². The van der Waals surface area contributed by atoms with Crippen molar-refractivity contribution in [1.29, 1.82) is 0 Å². The maximum Gasteiger partial charge on any atom is 0.227 e. The van der Waals surface area contributed by atoms with Crippen molar-refractivity contribution < 1.29 is 4.79 Å². The first-order valence-electron chi connectivity index (χ1n) is 4.72. The van der Waals surface area contributed by atoms with Crippen molar-refractivity contribution in [1.82, 2.24) is 14.8 Å². The number of nitrogens with two attached hydrogens (primary N) is 2. The number of thioether (sulfide) groups is 1. The Kier molecular flexibility index (Phi) is 4.57. The van der Waals surface area contributed by atoms with Gasteiger partial charge < -0.3 is 16.0 Å². The van der Waals surface area contributed by atoms with E-state index in [1.807, 2.05) is 4.57 Å². The topological polar surface area (TPSA) is 99.8 Å². The van der Waals surface area contributed by atoms with Crippen LogP contribution in [0.2, 0.25) is 0 Å². The molecule has 7 heteroatoms. The molecule has 0 spiro atoms. The van der Waals surface area contributed by atoms with E-state index in [0.717, 1.165) is 18.8 Å². The summed E-state index contributed by atoms with van der Waals surface area (Å²) in [6, 6.07) is 0. The second-order valence-electron chi connectivity index (χ2n) is 3.01. The first kappa shape index (κ1) is 12.0. The van der Waals surface area contributed by atoms with Gasteiger partial charge in [-0.3, -0.25) is 4.79 Å². The minimum Gasteiger partial charge on any atom is -0.369 e. The maximum atomic E-state index is 10.6. The monoisotopic (exact) mass is 229 g/mol. The first-order chi connectivity index (χ1) is 7.19. The van der Waals surface area contributed by atoms with Crippen LogP contribution in [-0.4, -0.2) is 26.4 Å². The third-order valence-electron chi connectivity index (χ3n) is 1.77. The minimum atomic E-state index is -0.361. The van der Waals surface area contributed by atoms with Crippen molar-refractivity contribution >= 4 is 17.7 Å². The molecule has 0 bridgehead atoms. The fourth-order valence-corrected chi connectivity index (χ4v) is 1.88. The fraction of sp³-hybridized carbons (Fsp3) is 0.625. The Morgan fingerprint density at radius 2 is 2.27 bits per heavy atom. The summed E-state index contributed by atoms with van der Waals surface area (Å²) in [7, 11) is 0. The van der Waals surface area contributed by atoms with E-state index in [1.54, 1.807) is 0 Å². The van der Waals surface area contributed by atoms with Crippen LogP contribution in [-0.2, 0) is 17.9 Å². The fourth-order valence-electron chi connectivity index (χ4n) is 1.16. The summed E-state index contributed by atoms with van der Waals surface area (Å²) >= 11 is 1.29. The van der Waals surface area contributed by atoms with Crippen molar-refractivity contribution in [3.8, 4) is 0 Å². The molecule has 0 atom stereocenters. The summed E-state index contributed by atoms with van der Waals surface area (Å²) in [5.41, 5.74) is 10.6. The molecule has 0 saturated carbocycles. The van der Waals surface area contributed by atoms with Gasteiger partial charge in [0.2, 0.25) is 5.91 Å². The van der Waals surface area contributed by atoms with E-state index >= 15 is 0 Å². The Balaban J connectivity index is 2.77. The van der Waals surface area contributed by atoms with Crippen LogP contribution in [0.25, 0.3) is 0 Å². The second kappa shape index (κ2) is 5.72. The number of aromatic nitrogens is 3. The Morgan fingerprint density at radius 1 is 1.53 bits per heavy atom. The predicted molar refractivity (Wildman–Crippen MR) is 58.1 cm³/mol. The van der Waals surface area contributed by atoms with Gasteiger partial charge >= 0.3 is 0 Å². The molecule has 84 valence electrons. The molecule has 1 rings (SSSR count). The average Bonchev–Trinajstić information content (AvgIpc) is 2.58. The summed E-state index contributed by atoms with van der Waals surface area (Å²) in [6.45, 7) is 3.22. The van der Waals surface area contributed by atoms with Crippen LogP contribution in [0.15, 0.2) is 5.16 Å². The number of hydrogen-bond donors (Lipinski definition) is 2. The van der Waals surface area contributed by atoms with Crippen molar-refractivity contribution in [2.45, 2.75) is 31.6 Å². The zero-order valence-electron chi connectivity index (χ0n) is 8.64. The van der Waals surface area contributed by atoms with Crippen molar-refractivity contribution in [3.05, 3.63) is 5.82 Å². The van der Waals surface area contributed by atoms with Crippen LogP contribution in [0, 0.1) is 0 Å². The van der Waals surface area contributed by atoms with Gasteiger partial charge in [-0.15, -0.1) is 10.2 Å². The van der Waals surface area contributed by atoms with E-state index in [4.69, 9.17) is 11.5 Å². The molecule has 0 aromatic carbocycles. The summed E-state index contributed by atoms with van der Waals surface area (Å²) < 4.78 is 1.92. The van der Waals surface area contributed by atoms with Crippen LogP contribution >= 0.6 is 11.8 Å². The molecule has 0 saturated heterocycles. The molecule has 1 aromatic heterocycles. The number of rotatable bonds is 6. The molecule has 15 heavy (non-hydrogen) atoms. The number of nitrogens with zero attached hydrogens (tertiary/aromatic N) is 3. The quantitative estimate of drug-likeness (QED) is 0.654. The number of amides is 1. The van der Waals surface area contributed by atoms with Gasteiger partial charge in [-0.25, -0.2) is 0 Å². The van der Waals surface area contributed by atoms with Gasteiger partial charge in [-0.2, -0.15) is 0 Å². The van der Waals surface area contributed by atoms with E-state index in [-0.39, 0.29) is 11.7 Å². The largest absolute Gasteiger partial charge is 0.369 e. The van der Waals surface area contributed by atoms with E-state index < -0.39 is 0 Å². The van der Waals surface area contributed by atoms with Crippen LogP contribution in [0.5, 0.6) is 0 Å². The maximum absolute atomic E-state index is 10.6. The smallest absolute Gasteiger partial charge is 0.227 e. The van der Waals surface area contributed by atoms with Gasteiger partial charge in [0.05, 0.1) is 12.3 Å². The number of carbonyl (C=O) groups excluding carboxylic acids is 1. The molecule has 0 aliphatic carbocycles. The highest BCUT2D eigenvalue weighted by Crippen LogP contribution is 2.16. The molecular formula is C8H15N5OS. The molecule has 4 N–H and O–H groups in total. The molecule has 0 radical (unpaired) electrons. The van der Waals surface area contributed by atoms with Gasteiger partial charge in [0, 0.05) is 6.54 Å². The van der Waals surface area contributed by atoms with Crippen LogP contribution in [0.3, 0.4) is 0 Å². The van der Waals surface area contributed by atoms with Gasteiger partial charge in [0.1, 0.15) is 5.82 Å². The second-order valence-corrected chi connectivity index (χ2v) is 3.95. The predicted octanol–water partition coefficient (Wildman–Crippen LogP) is -0.276. The molecular weight excluding hydrogens is 214 g/mol. The minimum absolute atomic E-state index is 0.215. The molecule has 0 aliphatic rings. The Morgan fingerprint density at radius 3 is 2.80 bits per heavy atom. The lowest BCUT2D eigenvalue weighted by molar-refractivity contribution is -0.115. The number of carbonyl (C=O) groups is 1. The van der Waals surface area contributed by atoms with Crippen molar-refractivity contribution in [2.75, 3.05) is 5.75 Å². The van der Waals surface area contributed by atoms with E-state index in [1.165, 1.54) is 11.8 Å². The molecule has 1 heterocycles. The Hall–Kier alpha value is -1.08. The highest BCUT2D eigenvalue weighted by Gasteiger charge is 2.11. The summed E-state index contributed by atoms with van der Waals surface area (Å²) in [4.78, 5) is 10.6. The summed E-state index contributed by atoms with van der Waals surface area (Å²) in [5, 5.41) is 8.62. The third kappa shape index (κ3) is 3.21. The third-order valence-corrected chi connectivity index (χ3v) is 2.76. The molecule has 1 amide bonds. The highest BCUT2D eigenvalue weighted by molar-refractivity contribution is 7.99. The normalized spacial score (nSPS) is 10.5. The lowest BCUT2D eigenvalue weighted by Gasteiger charge is -2.06. The standard InChI is InChI=1S/C8H15N5OS/c1-2-3-13-7(4-9)11-12-8(13)15-5-6(10)14/h2-5,9H2,1H3,(H2,10,14). The molecule has 1 aromatic rings. The van der Waals surface area contributed by atoms with Gasteiger partial charge in [0.15, 0.2) is 5.16 Å². The molecule has 0 fully saturated rings. The number of primary amides is 1. The van der Waals surface area contributed by atoms with Gasteiger partial charge in [0.25, 0.3) is 0 Å². The zero-order valence-corrected chi connectivity index (χ0v) is 9.46. The van der Waals surface area contributed by atoms with E-state index in [0.29, 0.717) is 11.7 Å². The SMILES string of the molecule is CCCn1c(CN)nnc1SCC(N)=O. The number of hydrogen-bond acceptors (Lipinski definition) is 5. The average molecular weight is 229 g/mol. The Labute approximate surface area is 92.4 Å². The summed E-state index contributed by atoms with van der Waals surface area (Å²) in [6.07, 6.45) is 0.967. The van der Waals surface area contributed by atoms with Crippen LogP contribution < -0.4 is 11.5 Å². The Bertz CT molecular complexity index is 338.